The van der Waals surface area contributed by atoms with Crippen molar-refractivity contribution in [3.8, 4) is 0 Å². The summed E-state index contributed by atoms with van der Waals surface area (Å²) in [6.45, 7) is 4.56. The third-order valence-electron chi connectivity index (χ3n) is 3.49. The van der Waals surface area contributed by atoms with Crippen molar-refractivity contribution in [3.05, 3.63) is 29.8 Å². The molecule has 132 valence electrons. The van der Waals surface area contributed by atoms with E-state index in [9.17, 15) is 8.42 Å². The lowest BCUT2D eigenvalue weighted by molar-refractivity contribution is 0.116. The van der Waals surface area contributed by atoms with Gasteiger partial charge in [0.2, 0.25) is 0 Å². The monoisotopic (exact) mass is 360 g/mol. The normalized spacial score (nSPS) is 13.2. The number of benzene rings is 1. The lowest BCUT2D eigenvalue weighted by Gasteiger charge is -2.17. The van der Waals surface area contributed by atoms with Crippen LogP contribution in [0.25, 0.3) is 0 Å². The van der Waals surface area contributed by atoms with Crippen molar-refractivity contribution in [2.75, 3.05) is 18.8 Å². The minimum Gasteiger partial charge on any atom is -0.371 e. The topological polar surface area (TPSA) is 52.6 Å². The van der Waals surface area contributed by atoms with Crippen molar-refractivity contribution >= 4 is 21.9 Å². The SMILES string of the molecule is CCCCCC(CCOCSC)OS(=O)(=O)c1ccc(C)cc1. The standard InChI is InChI=1S/C17H28O4S2/c1-4-5-6-7-16(12-13-20-14-22-3)21-23(18,19)17-10-8-15(2)9-11-17/h8-11,16H,4-7,12-14H2,1-3H3. The predicted octanol–water partition coefficient (Wildman–Crippen LogP) is 4.38. The van der Waals surface area contributed by atoms with Crippen LogP contribution in [0.5, 0.6) is 0 Å². The van der Waals surface area contributed by atoms with Crippen LogP contribution in [0, 0.1) is 6.92 Å². The van der Waals surface area contributed by atoms with Crippen molar-refractivity contribution in [1.29, 1.82) is 0 Å². The molecule has 0 saturated heterocycles. The van der Waals surface area contributed by atoms with Crippen LogP contribution in [0.3, 0.4) is 0 Å². The van der Waals surface area contributed by atoms with E-state index in [0.717, 1.165) is 31.2 Å². The zero-order valence-corrected chi connectivity index (χ0v) is 15.9. The summed E-state index contributed by atoms with van der Waals surface area (Å²) in [5.41, 5.74) is 1.02. The molecule has 0 fully saturated rings. The van der Waals surface area contributed by atoms with E-state index in [0.29, 0.717) is 19.0 Å². The first-order valence-corrected chi connectivity index (χ1v) is 10.9. The van der Waals surface area contributed by atoms with Gasteiger partial charge in [0.1, 0.15) is 0 Å². The van der Waals surface area contributed by atoms with E-state index in [-0.39, 0.29) is 11.0 Å². The molecule has 0 spiro atoms. The van der Waals surface area contributed by atoms with Crippen molar-refractivity contribution in [1.82, 2.24) is 0 Å². The summed E-state index contributed by atoms with van der Waals surface area (Å²) < 4.78 is 35.7. The Morgan fingerprint density at radius 3 is 2.43 bits per heavy atom. The first-order chi connectivity index (χ1) is 11.0. The number of thioether (sulfide) groups is 1. The van der Waals surface area contributed by atoms with Gasteiger partial charge in [0.05, 0.1) is 23.5 Å². The zero-order chi connectivity index (χ0) is 17.1. The molecule has 1 rings (SSSR count). The molecular weight excluding hydrogens is 332 g/mol. The summed E-state index contributed by atoms with van der Waals surface area (Å²) in [4.78, 5) is 0.216. The molecule has 1 atom stereocenters. The number of unbranched alkanes of at least 4 members (excludes halogenated alkanes) is 2. The summed E-state index contributed by atoms with van der Waals surface area (Å²) in [5, 5.41) is 0. The van der Waals surface area contributed by atoms with Crippen LogP contribution in [0.2, 0.25) is 0 Å². The van der Waals surface area contributed by atoms with E-state index in [2.05, 4.69) is 6.92 Å². The number of aryl methyl sites for hydroxylation is 1. The molecule has 0 aliphatic heterocycles. The minimum atomic E-state index is -3.72. The van der Waals surface area contributed by atoms with Crippen molar-refractivity contribution < 1.29 is 17.3 Å². The highest BCUT2D eigenvalue weighted by atomic mass is 32.2. The summed E-state index contributed by atoms with van der Waals surface area (Å²) in [7, 11) is -3.72. The minimum absolute atomic E-state index is 0.216. The number of hydrogen-bond acceptors (Lipinski definition) is 5. The van der Waals surface area contributed by atoms with Gasteiger partial charge in [0.25, 0.3) is 10.1 Å². The van der Waals surface area contributed by atoms with Crippen LogP contribution < -0.4 is 0 Å². The van der Waals surface area contributed by atoms with Crippen molar-refractivity contribution in [3.63, 3.8) is 0 Å². The maximum absolute atomic E-state index is 12.4. The van der Waals surface area contributed by atoms with E-state index in [1.54, 1.807) is 36.0 Å². The fraction of sp³-hybridized carbons (Fsp3) is 0.647. The molecule has 0 radical (unpaired) electrons. The molecule has 0 bridgehead atoms. The van der Waals surface area contributed by atoms with Gasteiger partial charge in [-0.3, -0.25) is 4.18 Å². The smallest absolute Gasteiger partial charge is 0.297 e. The molecule has 23 heavy (non-hydrogen) atoms. The Bertz CT molecular complexity index is 526. The number of rotatable bonds is 12. The first kappa shape index (κ1) is 20.5. The lowest BCUT2D eigenvalue weighted by Crippen LogP contribution is -2.21. The molecule has 0 aliphatic rings. The van der Waals surface area contributed by atoms with Gasteiger partial charge in [-0.2, -0.15) is 8.42 Å². The average Bonchev–Trinajstić information content (AvgIpc) is 2.51. The largest absolute Gasteiger partial charge is 0.371 e. The Balaban J connectivity index is 2.66. The summed E-state index contributed by atoms with van der Waals surface area (Å²) >= 11 is 1.60. The van der Waals surface area contributed by atoms with Gasteiger partial charge >= 0.3 is 0 Å². The van der Waals surface area contributed by atoms with Gasteiger partial charge in [0.15, 0.2) is 0 Å². The fourth-order valence-electron chi connectivity index (χ4n) is 2.16. The highest BCUT2D eigenvalue weighted by Gasteiger charge is 2.21. The van der Waals surface area contributed by atoms with E-state index in [4.69, 9.17) is 8.92 Å². The maximum Gasteiger partial charge on any atom is 0.297 e. The van der Waals surface area contributed by atoms with Crippen LogP contribution in [-0.4, -0.2) is 33.3 Å². The number of hydrogen-bond donors (Lipinski definition) is 0. The Morgan fingerprint density at radius 1 is 1.13 bits per heavy atom. The average molecular weight is 361 g/mol. The molecule has 1 aromatic carbocycles. The van der Waals surface area contributed by atoms with E-state index in [1.165, 1.54) is 0 Å². The molecule has 0 aromatic heterocycles. The molecular formula is C17H28O4S2. The van der Waals surface area contributed by atoms with E-state index in [1.807, 2.05) is 13.2 Å². The van der Waals surface area contributed by atoms with Crippen LogP contribution in [-0.2, 0) is 19.0 Å². The molecule has 1 unspecified atom stereocenters. The van der Waals surface area contributed by atoms with Crippen molar-refractivity contribution in [2.45, 2.75) is 57.0 Å². The van der Waals surface area contributed by atoms with Crippen LogP contribution in [0.1, 0.15) is 44.6 Å². The number of ether oxygens (including phenoxy) is 1. The van der Waals surface area contributed by atoms with Crippen molar-refractivity contribution in [2.24, 2.45) is 0 Å². The Labute approximate surface area is 145 Å². The van der Waals surface area contributed by atoms with Crippen LogP contribution in [0.15, 0.2) is 29.2 Å². The Kier molecular flexibility index (Phi) is 9.86. The third kappa shape index (κ3) is 8.20. The Hall–Kier alpha value is -0.560. The highest BCUT2D eigenvalue weighted by Crippen LogP contribution is 2.20. The Morgan fingerprint density at radius 2 is 1.83 bits per heavy atom. The molecule has 4 nitrogen and oxygen atoms in total. The molecule has 0 N–H and O–H groups in total. The summed E-state index contributed by atoms with van der Waals surface area (Å²) in [6, 6.07) is 6.75. The van der Waals surface area contributed by atoms with Crippen LogP contribution in [0.4, 0.5) is 0 Å². The second-order valence-corrected chi connectivity index (χ2v) is 7.97. The molecule has 0 heterocycles. The van der Waals surface area contributed by atoms with Gasteiger partial charge in [-0.1, -0.05) is 43.9 Å². The first-order valence-electron chi connectivity index (χ1n) is 8.06. The van der Waals surface area contributed by atoms with Gasteiger partial charge in [-0.25, -0.2) is 0 Å². The molecule has 6 heteroatoms. The van der Waals surface area contributed by atoms with Crippen LogP contribution >= 0.6 is 11.8 Å². The van der Waals surface area contributed by atoms with Gasteiger partial charge in [0, 0.05) is 0 Å². The lowest BCUT2D eigenvalue weighted by atomic mass is 10.1. The summed E-state index contributed by atoms with van der Waals surface area (Å²) in [6.07, 6.45) is 6.12. The third-order valence-corrected chi connectivity index (χ3v) is 5.26. The molecule has 0 saturated carbocycles. The zero-order valence-electron chi connectivity index (χ0n) is 14.3. The van der Waals surface area contributed by atoms with E-state index < -0.39 is 10.1 Å². The van der Waals surface area contributed by atoms with Gasteiger partial charge < -0.3 is 4.74 Å². The predicted molar refractivity (Wildman–Crippen MR) is 96.3 cm³/mol. The van der Waals surface area contributed by atoms with Gasteiger partial charge in [-0.05, 0) is 38.2 Å². The molecule has 0 amide bonds. The summed E-state index contributed by atoms with van der Waals surface area (Å²) in [5.74, 6) is 0.617. The maximum atomic E-state index is 12.4. The van der Waals surface area contributed by atoms with E-state index >= 15 is 0 Å². The second-order valence-electron chi connectivity index (χ2n) is 5.58. The quantitative estimate of drug-likeness (QED) is 0.315. The van der Waals surface area contributed by atoms with Gasteiger partial charge in [-0.15, -0.1) is 11.8 Å². The fourth-order valence-corrected chi connectivity index (χ4v) is 3.58. The molecule has 0 aliphatic carbocycles. The second kappa shape index (κ2) is 11.1. The highest BCUT2D eigenvalue weighted by molar-refractivity contribution is 7.98. The molecule has 1 aromatic rings.